The summed E-state index contributed by atoms with van der Waals surface area (Å²) in [7, 11) is 1.33. The maximum absolute atomic E-state index is 12.3. The highest BCUT2D eigenvalue weighted by Crippen LogP contribution is 2.22. The number of likely N-dealkylation sites (tertiary alicyclic amines) is 1. The van der Waals surface area contributed by atoms with Crippen molar-refractivity contribution in [3.8, 4) is 0 Å². The Bertz CT molecular complexity index is 310. The highest BCUT2D eigenvalue weighted by molar-refractivity contribution is 5.69. The lowest BCUT2D eigenvalue weighted by Crippen LogP contribution is -2.51. The number of nitrogens with zero attached hydrogens (tertiary/aromatic N) is 1. The molecule has 0 amide bonds. The third-order valence-electron chi connectivity index (χ3n) is 3.43. The molecule has 0 saturated carbocycles. The van der Waals surface area contributed by atoms with Crippen molar-refractivity contribution in [2.75, 3.05) is 33.3 Å². The lowest BCUT2D eigenvalue weighted by molar-refractivity contribution is -0.142. The van der Waals surface area contributed by atoms with Crippen molar-refractivity contribution in [3.63, 3.8) is 0 Å². The number of hydrogen-bond acceptors (Lipinski definition) is 4. The second-order valence-corrected chi connectivity index (χ2v) is 5.33. The van der Waals surface area contributed by atoms with Gasteiger partial charge in [-0.05, 0) is 25.3 Å². The van der Waals surface area contributed by atoms with Crippen molar-refractivity contribution < 1.29 is 22.7 Å². The van der Waals surface area contributed by atoms with E-state index >= 15 is 0 Å². The predicted molar refractivity (Wildman–Crippen MR) is 69.3 cm³/mol. The van der Waals surface area contributed by atoms with Gasteiger partial charge in [-0.2, -0.15) is 13.2 Å². The van der Waals surface area contributed by atoms with Crippen LogP contribution in [0.4, 0.5) is 13.2 Å². The van der Waals surface area contributed by atoms with Crippen LogP contribution in [0, 0.1) is 5.92 Å². The highest BCUT2D eigenvalue weighted by atomic mass is 19.4. The van der Waals surface area contributed by atoms with Crippen LogP contribution >= 0.6 is 0 Å². The zero-order valence-corrected chi connectivity index (χ0v) is 12.0. The summed E-state index contributed by atoms with van der Waals surface area (Å²) in [5.41, 5.74) is 0. The first kappa shape index (κ1) is 17.2. The van der Waals surface area contributed by atoms with E-state index in [1.54, 1.807) is 0 Å². The summed E-state index contributed by atoms with van der Waals surface area (Å²) in [5.74, 6) is -0.253. The van der Waals surface area contributed by atoms with E-state index in [0.717, 1.165) is 19.5 Å². The molecular weight excluding hydrogens is 273 g/mol. The van der Waals surface area contributed by atoms with Gasteiger partial charge in [0.2, 0.25) is 0 Å². The topological polar surface area (TPSA) is 41.6 Å². The van der Waals surface area contributed by atoms with Crippen molar-refractivity contribution in [1.29, 1.82) is 0 Å². The lowest BCUT2D eigenvalue weighted by Gasteiger charge is -2.38. The van der Waals surface area contributed by atoms with Gasteiger partial charge in [-0.1, -0.05) is 6.92 Å². The number of alkyl halides is 3. The second kappa shape index (κ2) is 7.83. The molecule has 1 aliphatic heterocycles. The van der Waals surface area contributed by atoms with E-state index in [1.807, 2.05) is 6.92 Å². The maximum Gasteiger partial charge on any atom is 0.401 e. The first-order valence-electron chi connectivity index (χ1n) is 6.93. The quantitative estimate of drug-likeness (QED) is 0.759. The first-order valence-corrected chi connectivity index (χ1v) is 6.93. The Hall–Kier alpha value is -0.820. The largest absolute Gasteiger partial charge is 0.469 e. The fourth-order valence-electron chi connectivity index (χ4n) is 2.68. The molecule has 0 aromatic rings. The Morgan fingerprint density at radius 2 is 2.10 bits per heavy atom. The average Bonchev–Trinajstić information content (AvgIpc) is 2.35. The Labute approximate surface area is 117 Å². The Morgan fingerprint density at radius 3 is 2.65 bits per heavy atom. The van der Waals surface area contributed by atoms with Crippen LogP contribution in [0.3, 0.4) is 0 Å². The smallest absolute Gasteiger partial charge is 0.401 e. The molecule has 0 aromatic carbocycles. The van der Waals surface area contributed by atoms with Crippen molar-refractivity contribution in [1.82, 2.24) is 10.2 Å². The number of carbonyl (C=O) groups excluding carboxylic acids is 1. The van der Waals surface area contributed by atoms with E-state index in [1.165, 1.54) is 7.11 Å². The van der Waals surface area contributed by atoms with Crippen molar-refractivity contribution in [2.45, 2.75) is 38.4 Å². The normalized spacial score (nSPS) is 24.6. The number of methoxy groups -OCH3 is 1. The fraction of sp³-hybridized carbons (Fsp3) is 0.923. The third kappa shape index (κ3) is 6.56. The lowest BCUT2D eigenvalue weighted by atomic mass is 9.91. The molecule has 2 atom stereocenters. The molecule has 2 unspecified atom stereocenters. The van der Waals surface area contributed by atoms with Crippen LogP contribution in [0.1, 0.15) is 26.2 Å². The van der Waals surface area contributed by atoms with E-state index in [9.17, 15) is 18.0 Å². The molecule has 0 aromatic heterocycles. The minimum absolute atomic E-state index is 0.0495. The van der Waals surface area contributed by atoms with E-state index in [4.69, 9.17) is 0 Å². The molecule has 4 nitrogen and oxygen atoms in total. The summed E-state index contributed by atoms with van der Waals surface area (Å²) < 4.78 is 41.4. The van der Waals surface area contributed by atoms with E-state index in [2.05, 4.69) is 15.0 Å². The number of piperidine rings is 1. The molecule has 0 bridgehead atoms. The summed E-state index contributed by atoms with van der Waals surface area (Å²) in [6, 6.07) is -0.230. The van der Waals surface area contributed by atoms with Crippen LogP contribution in [-0.2, 0) is 9.53 Å². The van der Waals surface area contributed by atoms with Crippen molar-refractivity contribution in [2.24, 2.45) is 5.92 Å². The van der Waals surface area contributed by atoms with E-state index < -0.39 is 12.7 Å². The van der Waals surface area contributed by atoms with Gasteiger partial charge < -0.3 is 15.0 Å². The molecule has 1 rings (SSSR count). The Kier molecular flexibility index (Phi) is 6.75. The zero-order valence-electron chi connectivity index (χ0n) is 12.0. The van der Waals surface area contributed by atoms with Gasteiger partial charge in [0.1, 0.15) is 0 Å². The number of nitrogens with one attached hydrogen (secondary N) is 1. The Balaban J connectivity index is 2.53. The summed E-state index contributed by atoms with van der Waals surface area (Å²) in [5, 5.41) is 2.55. The summed E-state index contributed by atoms with van der Waals surface area (Å²) in [6.45, 7) is 3.22. The van der Waals surface area contributed by atoms with Crippen LogP contribution in [-0.4, -0.2) is 56.4 Å². The molecule has 1 fully saturated rings. The molecule has 1 saturated heterocycles. The van der Waals surface area contributed by atoms with Crippen molar-refractivity contribution in [3.05, 3.63) is 0 Å². The number of halogens is 3. The van der Waals surface area contributed by atoms with Crippen LogP contribution in [0.25, 0.3) is 0 Å². The molecule has 0 radical (unpaired) electrons. The number of ether oxygens (including phenoxy) is 1. The van der Waals surface area contributed by atoms with E-state index in [0.29, 0.717) is 13.0 Å². The summed E-state index contributed by atoms with van der Waals surface area (Å²) in [6.07, 6.45) is -2.42. The van der Waals surface area contributed by atoms with Crippen LogP contribution in [0.2, 0.25) is 0 Å². The maximum atomic E-state index is 12.3. The molecule has 7 heteroatoms. The van der Waals surface area contributed by atoms with Gasteiger partial charge in [0.15, 0.2) is 0 Å². The second-order valence-electron chi connectivity index (χ2n) is 5.33. The molecule has 1 heterocycles. The van der Waals surface area contributed by atoms with Gasteiger partial charge in [0.05, 0.1) is 13.7 Å². The van der Waals surface area contributed by atoms with Gasteiger partial charge in [-0.3, -0.25) is 4.79 Å². The molecule has 0 spiro atoms. The standard InChI is InChI=1S/C13H23F3N2O2/c1-3-4-18-7-10(6-12(19)20-2)5-11(8-18)17-9-13(14,15)16/h10-11,17H,3-9H2,1-2H3. The van der Waals surface area contributed by atoms with Crippen LogP contribution in [0.5, 0.6) is 0 Å². The first-order chi connectivity index (χ1) is 9.34. The Morgan fingerprint density at radius 1 is 1.40 bits per heavy atom. The number of carbonyl (C=O) groups is 1. The highest BCUT2D eigenvalue weighted by Gasteiger charge is 2.32. The predicted octanol–water partition coefficient (Wildman–Crippen LogP) is 1.80. The van der Waals surface area contributed by atoms with Gasteiger partial charge >= 0.3 is 12.1 Å². The van der Waals surface area contributed by atoms with Gasteiger partial charge in [-0.25, -0.2) is 0 Å². The average molecular weight is 296 g/mol. The third-order valence-corrected chi connectivity index (χ3v) is 3.43. The molecule has 20 heavy (non-hydrogen) atoms. The fourth-order valence-corrected chi connectivity index (χ4v) is 2.68. The number of hydrogen-bond donors (Lipinski definition) is 1. The monoisotopic (exact) mass is 296 g/mol. The SMILES string of the molecule is CCCN1CC(CC(=O)OC)CC(NCC(F)(F)F)C1. The summed E-state index contributed by atoms with van der Waals surface area (Å²) in [4.78, 5) is 13.4. The van der Waals surface area contributed by atoms with Gasteiger partial charge in [-0.15, -0.1) is 0 Å². The minimum atomic E-state index is -4.20. The van der Waals surface area contributed by atoms with Gasteiger partial charge in [0, 0.05) is 25.6 Å². The number of esters is 1. The molecule has 1 aliphatic rings. The molecule has 0 aliphatic carbocycles. The number of rotatable bonds is 6. The van der Waals surface area contributed by atoms with Crippen LogP contribution < -0.4 is 5.32 Å². The van der Waals surface area contributed by atoms with E-state index in [-0.39, 0.29) is 24.3 Å². The van der Waals surface area contributed by atoms with Crippen molar-refractivity contribution >= 4 is 5.97 Å². The molecule has 118 valence electrons. The minimum Gasteiger partial charge on any atom is -0.469 e. The van der Waals surface area contributed by atoms with Gasteiger partial charge in [0.25, 0.3) is 0 Å². The molecule has 1 N–H and O–H groups in total. The summed E-state index contributed by atoms with van der Waals surface area (Å²) >= 11 is 0. The zero-order chi connectivity index (χ0) is 15.2. The van der Waals surface area contributed by atoms with Crippen LogP contribution in [0.15, 0.2) is 0 Å². The molecular formula is C13H23F3N2O2.